The number of aryl methyl sites for hydroxylation is 2. The van der Waals surface area contributed by atoms with Crippen molar-refractivity contribution in [2.45, 2.75) is 44.4 Å². The molecule has 0 saturated heterocycles. The van der Waals surface area contributed by atoms with Crippen LogP contribution in [0.3, 0.4) is 0 Å². The van der Waals surface area contributed by atoms with E-state index in [2.05, 4.69) is 0 Å². The first kappa shape index (κ1) is 15.3. The molecule has 1 aromatic carbocycles. The first-order valence-electron chi connectivity index (χ1n) is 5.76. The third-order valence-electron chi connectivity index (χ3n) is 2.90. The fraction of sp³-hybridized carbons (Fsp3) is 0.538. The van der Waals surface area contributed by atoms with Crippen molar-refractivity contribution in [3.63, 3.8) is 0 Å². The molecule has 0 aliphatic carbocycles. The SMILES string of the molecule is CCc1ccc(CC)c(C(Cl)C(F)(F)C(F)F)c1. The molecule has 1 atom stereocenters. The highest BCUT2D eigenvalue weighted by molar-refractivity contribution is 6.21. The maximum absolute atomic E-state index is 13.3. The third kappa shape index (κ3) is 2.97. The highest BCUT2D eigenvalue weighted by Crippen LogP contribution is 2.42. The van der Waals surface area contributed by atoms with Crippen LogP contribution >= 0.6 is 11.6 Å². The van der Waals surface area contributed by atoms with Crippen molar-refractivity contribution in [2.75, 3.05) is 0 Å². The summed E-state index contributed by atoms with van der Waals surface area (Å²) < 4.78 is 51.3. The second-order valence-electron chi connectivity index (χ2n) is 4.08. The largest absolute Gasteiger partial charge is 0.327 e. The van der Waals surface area contributed by atoms with E-state index < -0.39 is 17.7 Å². The number of benzene rings is 1. The van der Waals surface area contributed by atoms with Crippen LogP contribution < -0.4 is 0 Å². The molecule has 0 saturated carbocycles. The van der Waals surface area contributed by atoms with Crippen molar-refractivity contribution in [3.05, 3.63) is 34.9 Å². The van der Waals surface area contributed by atoms with E-state index in [1.807, 2.05) is 6.92 Å². The lowest BCUT2D eigenvalue weighted by molar-refractivity contribution is -0.130. The van der Waals surface area contributed by atoms with Gasteiger partial charge in [0.15, 0.2) is 0 Å². The average molecular weight is 283 g/mol. The zero-order valence-corrected chi connectivity index (χ0v) is 10.9. The van der Waals surface area contributed by atoms with E-state index in [-0.39, 0.29) is 5.56 Å². The van der Waals surface area contributed by atoms with E-state index >= 15 is 0 Å². The Kier molecular flexibility index (Phi) is 5.02. The Hall–Kier alpha value is -0.770. The summed E-state index contributed by atoms with van der Waals surface area (Å²) in [5.74, 6) is -4.22. The van der Waals surface area contributed by atoms with Crippen LogP contribution in [-0.2, 0) is 12.8 Å². The first-order chi connectivity index (χ1) is 8.34. The Morgan fingerprint density at radius 1 is 1.17 bits per heavy atom. The zero-order chi connectivity index (χ0) is 13.9. The molecule has 102 valence electrons. The molecule has 0 heterocycles. The standard InChI is InChI=1S/C13H15ClF4/c1-3-8-5-6-9(4-2)10(7-8)11(14)13(17,18)12(15)16/h5-7,11-12H,3-4H2,1-2H3. The second kappa shape index (κ2) is 5.91. The lowest BCUT2D eigenvalue weighted by Gasteiger charge is -2.23. The van der Waals surface area contributed by atoms with Crippen molar-refractivity contribution in [2.24, 2.45) is 0 Å². The van der Waals surface area contributed by atoms with Gasteiger partial charge in [-0.2, -0.15) is 8.78 Å². The van der Waals surface area contributed by atoms with Gasteiger partial charge in [-0.1, -0.05) is 32.0 Å². The van der Waals surface area contributed by atoms with Crippen molar-refractivity contribution < 1.29 is 17.6 Å². The minimum absolute atomic E-state index is 0.101. The number of hydrogen-bond acceptors (Lipinski definition) is 0. The van der Waals surface area contributed by atoms with Crippen LogP contribution in [0.4, 0.5) is 17.6 Å². The fourth-order valence-corrected chi connectivity index (χ4v) is 2.04. The van der Waals surface area contributed by atoms with Crippen molar-refractivity contribution in [1.29, 1.82) is 0 Å². The molecule has 0 fully saturated rings. The maximum atomic E-state index is 13.3. The molecule has 1 aromatic rings. The number of hydrogen-bond donors (Lipinski definition) is 0. The molecule has 0 radical (unpaired) electrons. The average Bonchev–Trinajstić information content (AvgIpc) is 2.36. The summed E-state index contributed by atoms with van der Waals surface area (Å²) >= 11 is 5.58. The highest BCUT2D eigenvalue weighted by Gasteiger charge is 2.49. The quantitative estimate of drug-likeness (QED) is 0.527. The van der Waals surface area contributed by atoms with E-state index in [1.165, 1.54) is 6.07 Å². The number of alkyl halides is 5. The predicted molar refractivity (Wildman–Crippen MR) is 64.7 cm³/mol. The number of halogens is 5. The van der Waals surface area contributed by atoms with Crippen LogP contribution in [0.25, 0.3) is 0 Å². The second-order valence-corrected chi connectivity index (χ2v) is 4.51. The van der Waals surface area contributed by atoms with Crippen LogP contribution in [0.5, 0.6) is 0 Å². The van der Waals surface area contributed by atoms with Crippen LogP contribution in [0.15, 0.2) is 18.2 Å². The van der Waals surface area contributed by atoms with Gasteiger partial charge in [-0.3, -0.25) is 0 Å². The van der Waals surface area contributed by atoms with Gasteiger partial charge in [-0.05, 0) is 29.5 Å². The van der Waals surface area contributed by atoms with E-state index in [0.717, 1.165) is 5.56 Å². The Labute approximate surface area is 109 Å². The van der Waals surface area contributed by atoms with Gasteiger partial charge >= 0.3 is 12.3 Å². The maximum Gasteiger partial charge on any atom is 0.327 e. The van der Waals surface area contributed by atoms with Gasteiger partial charge in [0.05, 0.1) is 0 Å². The Morgan fingerprint density at radius 2 is 1.78 bits per heavy atom. The topological polar surface area (TPSA) is 0 Å². The molecule has 0 bridgehead atoms. The lowest BCUT2D eigenvalue weighted by atomic mass is 9.95. The normalized spacial score (nSPS) is 14.0. The van der Waals surface area contributed by atoms with E-state index in [4.69, 9.17) is 11.6 Å². The molecule has 0 aromatic heterocycles. The van der Waals surface area contributed by atoms with Crippen molar-refractivity contribution >= 4 is 11.6 Å². The van der Waals surface area contributed by atoms with Crippen LogP contribution in [0.1, 0.15) is 35.9 Å². The third-order valence-corrected chi connectivity index (χ3v) is 3.43. The highest BCUT2D eigenvalue weighted by atomic mass is 35.5. The summed E-state index contributed by atoms with van der Waals surface area (Å²) in [5, 5.41) is -2.00. The van der Waals surface area contributed by atoms with E-state index in [0.29, 0.717) is 18.4 Å². The summed E-state index contributed by atoms with van der Waals surface area (Å²) in [6.45, 7) is 3.63. The lowest BCUT2D eigenvalue weighted by Crippen LogP contribution is -2.32. The molecular formula is C13H15ClF4. The summed E-state index contributed by atoms with van der Waals surface area (Å²) in [5.41, 5.74) is 1.48. The smallest absolute Gasteiger partial charge is 0.204 e. The summed E-state index contributed by atoms with van der Waals surface area (Å²) in [7, 11) is 0. The molecule has 0 spiro atoms. The van der Waals surface area contributed by atoms with Gasteiger partial charge in [0.1, 0.15) is 5.38 Å². The first-order valence-corrected chi connectivity index (χ1v) is 6.19. The molecule has 1 rings (SSSR count). The number of rotatable bonds is 5. The van der Waals surface area contributed by atoms with Crippen LogP contribution in [0, 0.1) is 0 Å². The minimum Gasteiger partial charge on any atom is -0.204 e. The van der Waals surface area contributed by atoms with Gasteiger partial charge in [0, 0.05) is 0 Å². The molecule has 18 heavy (non-hydrogen) atoms. The summed E-state index contributed by atoms with van der Waals surface area (Å²) in [6.07, 6.45) is -2.65. The summed E-state index contributed by atoms with van der Waals surface area (Å²) in [6, 6.07) is 4.96. The molecular weight excluding hydrogens is 268 g/mol. The molecule has 0 aliphatic heterocycles. The van der Waals surface area contributed by atoms with Gasteiger partial charge in [0.2, 0.25) is 0 Å². The Morgan fingerprint density at radius 3 is 2.22 bits per heavy atom. The Balaban J connectivity index is 3.21. The van der Waals surface area contributed by atoms with E-state index in [1.54, 1.807) is 19.1 Å². The minimum atomic E-state index is -4.22. The van der Waals surface area contributed by atoms with Gasteiger partial charge in [-0.25, -0.2) is 8.78 Å². The van der Waals surface area contributed by atoms with E-state index in [9.17, 15) is 17.6 Å². The monoisotopic (exact) mass is 282 g/mol. The van der Waals surface area contributed by atoms with Crippen LogP contribution in [0.2, 0.25) is 0 Å². The molecule has 0 aliphatic rings. The molecule has 0 nitrogen and oxygen atoms in total. The molecule has 0 amide bonds. The van der Waals surface area contributed by atoms with Gasteiger partial charge in [0.25, 0.3) is 0 Å². The molecule has 5 heteroatoms. The molecule has 0 N–H and O–H groups in total. The summed E-state index contributed by atoms with van der Waals surface area (Å²) in [4.78, 5) is 0. The van der Waals surface area contributed by atoms with Gasteiger partial charge in [-0.15, -0.1) is 11.6 Å². The Bertz CT molecular complexity index is 404. The van der Waals surface area contributed by atoms with Gasteiger partial charge < -0.3 is 0 Å². The van der Waals surface area contributed by atoms with Crippen molar-refractivity contribution in [1.82, 2.24) is 0 Å². The zero-order valence-electron chi connectivity index (χ0n) is 10.2. The predicted octanol–water partition coefficient (Wildman–Crippen LogP) is 4.99. The molecule has 1 unspecified atom stereocenters. The fourth-order valence-electron chi connectivity index (χ4n) is 1.74. The van der Waals surface area contributed by atoms with Crippen molar-refractivity contribution in [3.8, 4) is 0 Å². The van der Waals surface area contributed by atoms with Crippen LogP contribution in [-0.4, -0.2) is 12.3 Å².